The Balaban J connectivity index is 1.52. The molecule has 0 bridgehead atoms. The molecule has 3 aliphatic heterocycles. The summed E-state index contributed by atoms with van der Waals surface area (Å²) < 4.78 is 5.62. The molecule has 3 heteroatoms. The fourth-order valence-electron chi connectivity index (χ4n) is 3.63. The third-order valence-electron chi connectivity index (χ3n) is 4.65. The quantitative estimate of drug-likeness (QED) is 0.767. The Morgan fingerprint density at radius 2 is 2.12 bits per heavy atom. The number of nitrogens with zero attached hydrogens (tertiary/aromatic N) is 1. The average molecular weight is 224 g/mol. The highest BCUT2D eigenvalue weighted by atomic mass is 16.5. The van der Waals surface area contributed by atoms with Crippen LogP contribution in [0.2, 0.25) is 0 Å². The van der Waals surface area contributed by atoms with Gasteiger partial charge in [0.2, 0.25) is 0 Å². The van der Waals surface area contributed by atoms with Crippen molar-refractivity contribution in [3.05, 3.63) is 0 Å². The second-order valence-corrected chi connectivity index (χ2v) is 5.69. The molecule has 0 aromatic heterocycles. The first-order valence-electron chi connectivity index (χ1n) is 6.94. The Labute approximate surface area is 98.5 Å². The summed E-state index contributed by atoms with van der Waals surface area (Å²) in [5, 5.41) is 3.83. The summed E-state index contributed by atoms with van der Waals surface area (Å²) in [6.45, 7) is 5.81. The minimum Gasteiger partial charge on any atom is -0.377 e. The first-order valence-corrected chi connectivity index (χ1v) is 6.94. The Bertz CT molecular complexity index is 246. The monoisotopic (exact) mass is 224 g/mol. The molecule has 3 heterocycles. The SMILES string of the molecule is CC1OCCC1NC1CCN2CCCC2C1. The fraction of sp³-hybridized carbons (Fsp3) is 1.00. The summed E-state index contributed by atoms with van der Waals surface area (Å²) in [4.78, 5) is 2.69. The van der Waals surface area contributed by atoms with Crippen LogP contribution in [0, 0.1) is 0 Å². The summed E-state index contributed by atoms with van der Waals surface area (Å²) in [7, 11) is 0. The zero-order chi connectivity index (χ0) is 11.0. The zero-order valence-corrected chi connectivity index (χ0v) is 10.3. The predicted octanol–water partition coefficient (Wildman–Crippen LogP) is 1.38. The van der Waals surface area contributed by atoms with Crippen LogP contribution in [0.4, 0.5) is 0 Å². The van der Waals surface area contributed by atoms with Gasteiger partial charge in [-0.1, -0.05) is 0 Å². The number of piperidine rings is 1. The highest BCUT2D eigenvalue weighted by molar-refractivity contribution is 4.92. The Hall–Kier alpha value is -0.120. The van der Waals surface area contributed by atoms with Gasteiger partial charge in [0.15, 0.2) is 0 Å². The van der Waals surface area contributed by atoms with Crippen LogP contribution in [0.3, 0.4) is 0 Å². The maximum absolute atomic E-state index is 5.62. The molecular formula is C13H24N2O. The van der Waals surface area contributed by atoms with Crippen LogP contribution >= 0.6 is 0 Å². The van der Waals surface area contributed by atoms with Crippen LogP contribution in [0.1, 0.15) is 39.0 Å². The lowest BCUT2D eigenvalue weighted by Gasteiger charge is -2.36. The molecule has 0 amide bonds. The Kier molecular flexibility index (Phi) is 3.18. The highest BCUT2D eigenvalue weighted by Crippen LogP contribution is 2.27. The van der Waals surface area contributed by atoms with Crippen molar-refractivity contribution in [3.8, 4) is 0 Å². The fourth-order valence-corrected chi connectivity index (χ4v) is 3.63. The van der Waals surface area contributed by atoms with Crippen LogP contribution in [0.25, 0.3) is 0 Å². The van der Waals surface area contributed by atoms with E-state index in [1.165, 1.54) is 45.2 Å². The van der Waals surface area contributed by atoms with E-state index in [2.05, 4.69) is 17.1 Å². The van der Waals surface area contributed by atoms with Gasteiger partial charge in [-0.15, -0.1) is 0 Å². The van der Waals surface area contributed by atoms with Gasteiger partial charge in [-0.3, -0.25) is 0 Å². The van der Waals surface area contributed by atoms with Gasteiger partial charge in [0.05, 0.1) is 6.10 Å². The summed E-state index contributed by atoms with van der Waals surface area (Å²) in [5.41, 5.74) is 0. The first-order chi connectivity index (χ1) is 7.83. The molecule has 1 N–H and O–H groups in total. The van der Waals surface area contributed by atoms with Gasteiger partial charge in [-0.2, -0.15) is 0 Å². The molecule has 16 heavy (non-hydrogen) atoms. The summed E-state index contributed by atoms with van der Waals surface area (Å²) in [6, 6.07) is 2.23. The molecule has 0 aliphatic carbocycles. The molecule has 0 saturated carbocycles. The molecule has 0 aromatic rings. The number of ether oxygens (including phenoxy) is 1. The van der Waals surface area contributed by atoms with Crippen molar-refractivity contribution < 1.29 is 4.74 Å². The first kappa shape index (κ1) is 11.0. The van der Waals surface area contributed by atoms with Crippen LogP contribution in [0.15, 0.2) is 0 Å². The predicted molar refractivity (Wildman–Crippen MR) is 64.6 cm³/mol. The summed E-state index contributed by atoms with van der Waals surface area (Å²) in [5.74, 6) is 0. The Morgan fingerprint density at radius 3 is 2.94 bits per heavy atom. The molecule has 3 rings (SSSR count). The van der Waals surface area contributed by atoms with Gasteiger partial charge in [-0.05, 0) is 52.1 Å². The van der Waals surface area contributed by atoms with Gasteiger partial charge in [0.25, 0.3) is 0 Å². The summed E-state index contributed by atoms with van der Waals surface area (Å²) in [6.07, 6.45) is 7.16. The van der Waals surface area contributed by atoms with Crippen LogP contribution in [-0.2, 0) is 4.74 Å². The van der Waals surface area contributed by atoms with Crippen molar-refractivity contribution in [1.29, 1.82) is 0 Å². The maximum Gasteiger partial charge on any atom is 0.0700 e. The number of fused-ring (bicyclic) bond motifs is 1. The van der Waals surface area contributed by atoms with E-state index in [-0.39, 0.29) is 0 Å². The van der Waals surface area contributed by atoms with E-state index in [1.54, 1.807) is 0 Å². The van der Waals surface area contributed by atoms with Gasteiger partial charge in [0.1, 0.15) is 0 Å². The van der Waals surface area contributed by atoms with Crippen molar-refractivity contribution in [2.75, 3.05) is 19.7 Å². The van der Waals surface area contributed by atoms with Crippen LogP contribution < -0.4 is 5.32 Å². The molecule has 4 atom stereocenters. The molecule has 3 aliphatic rings. The molecular weight excluding hydrogens is 200 g/mol. The molecule has 3 fully saturated rings. The average Bonchev–Trinajstić information content (AvgIpc) is 2.88. The molecule has 92 valence electrons. The van der Waals surface area contributed by atoms with Crippen molar-refractivity contribution in [2.45, 2.75) is 63.3 Å². The largest absolute Gasteiger partial charge is 0.377 e. The van der Waals surface area contributed by atoms with E-state index in [1.807, 2.05) is 0 Å². The van der Waals surface area contributed by atoms with Gasteiger partial charge in [0, 0.05) is 24.7 Å². The molecule has 0 aromatic carbocycles. The lowest BCUT2D eigenvalue weighted by molar-refractivity contribution is 0.102. The van der Waals surface area contributed by atoms with Crippen LogP contribution in [0.5, 0.6) is 0 Å². The van der Waals surface area contributed by atoms with Crippen molar-refractivity contribution in [3.63, 3.8) is 0 Å². The van der Waals surface area contributed by atoms with Gasteiger partial charge < -0.3 is 15.0 Å². The second kappa shape index (κ2) is 4.63. The smallest absolute Gasteiger partial charge is 0.0700 e. The minimum absolute atomic E-state index is 0.418. The molecule has 0 spiro atoms. The molecule has 4 unspecified atom stereocenters. The van der Waals surface area contributed by atoms with Gasteiger partial charge in [-0.25, -0.2) is 0 Å². The molecule has 3 nitrogen and oxygen atoms in total. The normalized spacial score (nSPS) is 44.8. The van der Waals surface area contributed by atoms with Crippen molar-refractivity contribution in [2.24, 2.45) is 0 Å². The third kappa shape index (κ3) is 2.13. The topological polar surface area (TPSA) is 24.5 Å². The van der Waals surface area contributed by atoms with E-state index < -0.39 is 0 Å². The number of nitrogens with one attached hydrogen (secondary N) is 1. The number of rotatable bonds is 2. The Morgan fingerprint density at radius 1 is 1.19 bits per heavy atom. The van der Waals surface area contributed by atoms with E-state index in [9.17, 15) is 0 Å². The lowest BCUT2D eigenvalue weighted by Crippen LogP contribution is -2.50. The van der Waals surface area contributed by atoms with E-state index in [4.69, 9.17) is 4.74 Å². The number of hydrogen-bond donors (Lipinski definition) is 1. The minimum atomic E-state index is 0.418. The zero-order valence-electron chi connectivity index (χ0n) is 10.3. The lowest BCUT2D eigenvalue weighted by atomic mass is 9.96. The standard InChI is InChI=1S/C13H24N2O/c1-10-13(5-8-16-10)14-11-4-7-15-6-2-3-12(15)9-11/h10-14H,2-9H2,1H3. The maximum atomic E-state index is 5.62. The van der Waals surface area contributed by atoms with Crippen LogP contribution in [-0.4, -0.2) is 48.8 Å². The van der Waals surface area contributed by atoms with E-state index in [0.29, 0.717) is 12.1 Å². The van der Waals surface area contributed by atoms with E-state index in [0.717, 1.165) is 18.7 Å². The van der Waals surface area contributed by atoms with Crippen molar-refractivity contribution in [1.82, 2.24) is 10.2 Å². The second-order valence-electron chi connectivity index (χ2n) is 5.69. The molecule has 0 radical (unpaired) electrons. The highest BCUT2D eigenvalue weighted by Gasteiger charge is 2.34. The van der Waals surface area contributed by atoms with Crippen molar-refractivity contribution >= 4 is 0 Å². The third-order valence-corrected chi connectivity index (χ3v) is 4.65. The molecule has 3 saturated heterocycles. The summed E-state index contributed by atoms with van der Waals surface area (Å²) >= 11 is 0. The van der Waals surface area contributed by atoms with E-state index >= 15 is 0 Å². The number of hydrogen-bond acceptors (Lipinski definition) is 3. The van der Waals surface area contributed by atoms with Gasteiger partial charge >= 0.3 is 0 Å².